The van der Waals surface area contributed by atoms with Crippen LogP contribution in [-0.4, -0.2) is 36.9 Å². The zero-order valence-electron chi connectivity index (χ0n) is 10.9. The first-order valence-corrected chi connectivity index (χ1v) is 6.52. The van der Waals surface area contributed by atoms with Gasteiger partial charge in [-0.05, 0) is 31.9 Å². The van der Waals surface area contributed by atoms with Crippen molar-refractivity contribution in [2.75, 3.05) is 31.1 Å². The number of anilines is 1. The largest absolute Gasteiger partial charge is 0.491 e. The molecular formula is C14H22N2O2. The first-order valence-electron chi connectivity index (χ1n) is 6.52. The molecule has 0 aliphatic carbocycles. The zero-order valence-corrected chi connectivity index (χ0v) is 10.9. The molecule has 0 radical (unpaired) electrons. The van der Waals surface area contributed by atoms with Gasteiger partial charge in [0.2, 0.25) is 0 Å². The van der Waals surface area contributed by atoms with Crippen molar-refractivity contribution >= 4 is 5.69 Å². The monoisotopic (exact) mass is 250 g/mol. The van der Waals surface area contributed by atoms with E-state index in [2.05, 4.69) is 11.0 Å². The highest BCUT2D eigenvalue weighted by molar-refractivity contribution is 5.58. The summed E-state index contributed by atoms with van der Waals surface area (Å²) in [6.45, 7) is 4.58. The zero-order chi connectivity index (χ0) is 13.0. The van der Waals surface area contributed by atoms with E-state index >= 15 is 0 Å². The van der Waals surface area contributed by atoms with Crippen LogP contribution < -0.4 is 15.4 Å². The van der Waals surface area contributed by atoms with E-state index in [1.54, 1.807) is 6.92 Å². The van der Waals surface area contributed by atoms with Crippen molar-refractivity contribution in [3.05, 3.63) is 24.3 Å². The smallest absolute Gasteiger partial charge is 0.142 e. The number of para-hydroxylation sites is 2. The number of nitrogens with zero attached hydrogens (tertiary/aromatic N) is 1. The molecular weight excluding hydrogens is 228 g/mol. The Balaban J connectivity index is 2.08. The minimum absolute atomic E-state index is 0.291. The Morgan fingerprint density at radius 2 is 2.22 bits per heavy atom. The SMILES string of the molecule is CC(O)(CN)CCN1CCCOc2ccccc21. The number of aliphatic hydroxyl groups is 1. The van der Waals surface area contributed by atoms with Crippen molar-refractivity contribution < 1.29 is 9.84 Å². The highest BCUT2D eigenvalue weighted by Gasteiger charge is 2.21. The van der Waals surface area contributed by atoms with Gasteiger partial charge >= 0.3 is 0 Å². The van der Waals surface area contributed by atoms with Gasteiger partial charge in [-0.1, -0.05) is 12.1 Å². The quantitative estimate of drug-likeness (QED) is 0.847. The molecule has 1 atom stereocenters. The molecule has 1 aliphatic rings. The van der Waals surface area contributed by atoms with Crippen molar-refractivity contribution in [2.45, 2.75) is 25.4 Å². The summed E-state index contributed by atoms with van der Waals surface area (Å²) >= 11 is 0. The molecule has 1 aliphatic heterocycles. The molecule has 0 saturated heterocycles. The van der Waals surface area contributed by atoms with E-state index in [1.807, 2.05) is 18.2 Å². The van der Waals surface area contributed by atoms with Crippen LogP contribution in [0.15, 0.2) is 24.3 Å². The Morgan fingerprint density at radius 1 is 1.44 bits per heavy atom. The molecule has 2 rings (SSSR count). The number of ether oxygens (including phenoxy) is 1. The summed E-state index contributed by atoms with van der Waals surface area (Å²) in [6, 6.07) is 8.06. The molecule has 18 heavy (non-hydrogen) atoms. The van der Waals surface area contributed by atoms with Crippen LogP contribution in [0.5, 0.6) is 5.75 Å². The van der Waals surface area contributed by atoms with E-state index in [0.717, 1.165) is 37.6 Å². The fourth-order valence-electron chi connectivity index (χ4n) is 2.11. The maximum Gasteiger partial charge on any atom is 0.142 e. The number of nitrogens with two attached hydrogens (primary N) is 1. The second-order valence-electron chi connectivity index (χ2n) is 5.11. The van der Waals surface area contributed by atoms with E-state index in [1.165, 1.54) is 0 Å². The Bertz CT molecular complexity index is 393. The summed E-state index contributed by atoms with van der Waals surface area (Å²) in [5, 5.41) is 9.99. The van der Waals surface area contributed by atoms with Gasteiger partial charge in [0.15, 0.2) is 0 Å². The summed E-state index contributed by atoms with van der Waals surface area (Å²) in [5.74, 6) is 0.933. The minimum atomic E-state index is -0.790. The normalized spacial score (nSPS) is 18.5. The van der Waals surface area contributed by atoms with Crippen molar-refractivity contribution in [2.24, 2.45) is 5.73 Å². The summed E-state index contributed by atoms with van der Waals surface area (Å²) < 4.78 is 5.71. The molecule has 0 aromatic heterocycles. The molecule has 1 aromatic rings. The third-order valence-electron chi connectivity index (χ3n) is 3.40. The Labute approximate surface area is 108 Å². The first kappa shape index (κ1) is 13.2. The predicted octanol–water partition coefficient (Wildman–Crippen LogP) is 1.38. The molecule has 100 valence electrons. The molecule has 0 spiro atoms. The van der Waals surface area contributed by atoms with E-state index in [-0.39, 0.29) is 0 Å². The molecule has 1 unspecified atom stereocenters. The lowest BCUT2D eigenvalue weighted by Crippen LogP contribution is -2.38. The first-order chi connectivity index (χ1) is 8.62. The standard InChI is InChI=1S/C14H22N2O2/c1-14(17,11-15)7-9-16-8-4-10-18-13-6-3-2-5-12(13)16/h2-3,5-6,17H,4,7-11,15H2,1H3. The summed E-state index contributed by atoms with van der Waals surface area (Å²) in [5.41, 5.74) is 5.88. The van der Waals surface area contributed by atoms with Gasteiger partial charge in [0.05, 0.1) is 17.9 Å². The topological polar surface area (TPSA) is 58.7 Å². The van der Waals surface area contributed by atoms with Crippen LogP contribution in [0.1, 0.15) is 19.8 Å². The average Bonchev–Trinajstić information content (AvgIpc) is 2.59. The molecule has 1 aromatic carbocycles. The predicted molar refractivity (Wildman–Crippen MR) is 73.1 cm³/mol. The Hall–Kier alpha value is -1.26. The van der Waals surface area contributed by atoms with Crippen molar-refractivity contribution in [1.29, 1.82) is 0 Å². The van der Waals surface area contributed by atoms with Gasteiger partial charge in [-0.25, -0.2) is 0 Å². The lowest BCUT2D eigenvalue weighted by Gasteiger charge is -2.28. The molecule has 0 fully saturated rings. The lowest BCUT2D eigenvalue weighted by atomic mass is 10.0. The van der Waals surface area contributed by atoms with E-state index < -0.39 is 5.60 Å². The van der Waals surface area contributed by atoms with Gasteiger partial charge in [0, 0.05) is 19.6 Å². The fourth-order valence-corrected chi connectivity index (χ4v) is 2.11. The molecule has 0 amide bonds. The lowest BCUT2D eigenvalue weighted by molar-refractivity contribution is 0.0620. The third-order valence-corrected chi connectivity index (χ3v) is 3.40. The van der Waals surface area contributed by atoms with Crippen LogP contribution >= 0.6 is 0 Å². The van der Waals surface area contributed by atoms with Crippen molar-refractivity contribution in [3.63, 3.8) is 0 Å². The van der Waals surface area contributed by atoms with Gasteiger partial charge in [-0.15, -0.1) is 0 Å². The highest BCUT2D eigenvalue weighted by atomic mass is 16.5. The number of benzene rings is 1. The van der Waals surface area contributed by atoms with Crippen molar-refractivity contribution in [3.8, 4) is 5.75 Å². The number of rotatable bonds is 4. The summed E-state index contributed by atoms with van der Waals surface area (Å²) in [6.07, 6.45) is 1.66. The highest BCUT2D eigenvalue weighted by Crippen LogP contribution is 2.30. The number of hydrogen-bond acceptors (Lipinski definition) is 4. The van der Waals surface area contributed by atoms with Gasteiger partial charge in [-0.3, -0.25) is 0 Å². The van der Waals surface area contributed by atoms with Crippen LogP contribution in [-0.2, 0) is 0 Å². The van der Waals surface area contributed by atoms with Crippen LogP contribution in [0.2, 0.25) is 0 Å². The second-order valence-corrected chi connectivity index (χ2v) is 5.11. The maximum absolute atomic E-state index is 9.99. The van der Waals surface area contributed by atoms with E-state index in [9.17, 15) is 5.11 Å². The second kappa shape index (κ2) is 5.59. The van der Waals surface area contributed by atoms with E-state index in [4.69, 9.17) is 10.5 Å². The molecule has 0 bridgehead atoms. The molecule has 4 nitrogen and oxygen atoms in total. The third kappa shape index (κ3) is 3.15. The van der Waals surface area contributed by atoms with Gasteiger partial charge in [-0.2, -0.15) is 0 Å². The molecule has 0 saturated carbocycles. The van der Waals surface area contributed by atoms with Gasteiger partial charge in [0.1, 0.15) is 5.75 Å². The minimum Gasteiger partial charge on any atom is -0.491 e. The van der Waals surface area contributed by atoms with Crippen molar-refractivity contribution in [1.82, 2.24) is 0 Å². The summed E-state index contributed by atoms with van der Waals surface area (Å²) in [4.78, 5) is 2.27. The van der Waals surface area contributed by atoms with E-state index in [0.29, 0.717) is 13.0 Å². The molecule has 3 N–H and O–H groups in total. The molecule has 1 heterocycles. The summed E-state index contributed by atoms with van der Waals surface area (Å²) in [7, 11) is 0. The maximum atomic E-state index is 9.99. The molecule has 4 heteroatoms. The average molecular weight is 250 g/mol. The Kier molecular flexibility index (Phi) is 4.09. The van der Waals surface area contributed by atoms with Crippen LogP contribution in [0.25, 0.3) is 0 Å². The van der Waals surface area contributed by atoms with Crippen LogP contribution in [0, 0.1) is 0 Å². The van der Waals surface area contributed by atoms with Gasteiger partial charge in [0.25, 0.3) is 0 Å². The fraction of sp³-hybridized carbons (Fsp3) is 0.571. The number of fused-ring (bicyclic) bond motifs is 1. The van der Waals surface area contributed by atoms with Crippen LogP contribution in [0.4, 0.5) is 5.69 Å². The van der Waals surface area contributed by atoms with Crippen LogP contribution in [0.3, 0.4) is 0 Å². The number of hydrogen-bond donors (Lipinski definition) is 2. The van der Waals surface area contributed by atoms with Gasteiger partial charge < -0.3 is 20.5 Å². The Morgan fingerprint density at radius 3 is 3.00 bits per heavy atom.